The van der Waals surface area contributed by atoms with Crippen molar-refractivity contribution in [1.82, 2.24) is 4.90 Å². The minimum absolute atomic E-state index is 0.125. The lowest BCUT2D eigenvalue weighted by molar-refractivity contribution is -0.0826. The number of likely N-dealkylation sites (tertiary alicyclic amines) is 1. The van der Waals surface area contributed by atoms with Crippen LogP contribution in [-0.2, 0) is 0 Å². The molecule has 0 aromatic heterocycles. The van der Waals surface area contributed by atoms with Crippen LogP contribution in [0.4, 0.5) is 0 Å². The van der Waals surface area contributed by atoms with E-state index in [1.54, 1.807) is 29.2 Å². The lowest BCUT2D eigenvalue weighted by Gasteiger charge is -2.46. The van der Waals surface area contributed by atoms with Gasteiger partial charge in [-0.2, -0.15) is 5.26 Å². The average molecular weight is 230 g/mol. The molecular weight excluding hydrogens is 216 g/mol. The van der Waals surface area contributed by atoms with Gasteiger partial charge in [0.15, 0.2) is 0 Å². The van der Waals surface area contributed by atoms with Gasteiger partial charge in [0.05, 0.1) is 30.3 Å². The highest BCUT2D eigenvalue weighted by atomic mass is 16.3. The van der Waals surface area contributed by atoms with Crippen LogP contribution in [0.25, 0.3) is 0 Å². The second kappa shape index (κ2) is 4.19. The van der Waals surface area contributed by atoms with Crippen LogP contribution in [0.15, 0.2) is 24.3 Å². The van der Waals surface area contributed by atoms with Gasteiger partial charge in [0.1, 0.15) is 0 Å². The fraction of sp³-hybridized carbons (Fsp3) is 0.385. The molecule has 4 heteroatoms. The molecule has 1 N–H and O–H groups in total. The molecule has 0 saturated carbocycles. The number of hydrogen-bond donors (Lipinski definition) is 1. The summed E-state index contributed by atoms with van der Waals surface area (Å²) in [5, 5.41) is 18.6. The quantitative estimate of drug-likeness (QED) is 0.829. The maximum atomic E-state index is 12.0. The van der Waals surface area contributed by atoms with Gasteiger partial charge in [-0.3, -0.25) is 4.79 Å². The van der Waals surface area contributed by atoms with Crippen molar-refractivity contribution in [2.75, 3.05) is 13.1 Å². The molecule has 1 aliphatic rings. The third kappa shape index (κ3) is 2.15. The molecule has 1 aliphatic heterocycles. The summed E-state index contributed by atoms with van der Waals surface area (Å²) in [5.41, 5.74) is 0.256. The Kier molecular flexibility index (Phi) is 2.86. The summed E-state index contributed by atoms with van der Waals surface area (Å²) in [6.07, 6.45) is 0.648. The fourth-order valence-corrected chi connectivity index (χ4v) is 1.94. The van der Waals surface area contributed by atoms with Crippen LogP contribution < -0.4 is 0 Å². The summed E-state index contributed by atoms with van der Waals surface area (Å²) >= 11 is 0. The number of aliphatic hydroxyl groups is 1. The lowest BCUT2D eigenvalue weighted by Crippen LogP contribution is -2.63. The molecule has 1 aromatic carbocycles. The molecule has 1 aromatic rings. The van der Waals surface area contributed by atoms with E-state index >= 15 is 0 Å². The van der Waals surface area contributed by atoms with Crippen LogP contribution in [-0.4, -0.2) is 34.6 Å². The number of nitriles is 1. The Bertz CT molecular complexity index is 484. The van der Waals surface area contributed by atoms with Crippen LogP contribution >= 0.6 is 0 Å². The Hall–Kier alpha value is -1.86. The van der Waals surface area contributed by atoms with Crippen molar-refractivity contribution in [3.63, 3.8) is 0 Å². The zero-order valence-corrected chi connectivity index (χ0v) is 9.68. The number of carbonyl (C=O) groups is 1. The first kappa shape index (κ1) is 11.6. The topological polar surface area (TPSA) is 64.3 Å². The molecule has 1 saturated heterocycles. The predicted octanol–water partition coefficient (Wildman–Crippen LogP) is 1.16. The number of nitrogens with zero attached hydrogens (tertiary/aromatic N) is 2. The Morgan fingerprint density at radius 2 is 2.29 bits per heavy atom. The summed E-state index contributed by atoms with van der Waals surface area (Å²) in [4.78, 5) is 13.6. The predicted molar refractivity (Wildman–Crippen MR) is 62.3 cm³/mol. The smallest absolute Gasteiger partial charge is 0.254 e. The molecule has 88 valence electrons. The first-order valence-corrected chi connectivity index (χ1v) is 5.60. The van der Waals surface area contributed by atoms with Crippen LogP contribution in [0.5, 0.6) is 0 Å². The summed E-state index contributed by atoms with van der Waals surface area (Å²) < 4.78 is 0. The molecule has 4 nitrogen and oxygen atoms in total. The molecule has 0 bridgehead atoms. The highest BCUT2D eigenvalue weighted by molar-refractivity contribution is 5.95. The highest BCUT2D eigenvalue weighted by Crippen LogP contribution is 2.25. The Morgan fingerprint density at radius 3 is 2.88 bits per heavy atom. The van der Waals surface area contributed by atoms with E-state index in [1.165, 1.54) is 0 Å². The molecule has 0 spiro atoms. The van der Waals surface area contributed by atoms with Gasteiger partial charge in [-0.25, -0.2) is 0 Å². The number of carbonyl (C=O) groups excluding carboxylic acids is 1. The van der Waals surface area contributed by atoms with Crippen LogP contribution in [0.2, 0.25) is 0 Å². The fourth-order valence-electron chi connectivity index (χ4n) is 1.94. The number of β-amino-alcohol motifs (C(OH)–C–C–N with tert-alkyl or cyclic N) is 1. The van der Waals surface area contributed by atoms with E-state index in [0.717, 1.165) is 0 Å². The van der Waals surface area contributed by atoms with Crippen molar-refractivity contribution in [1.29, 1.82) is 5.26 Å². The van der Waals surface area contributed by atoms with Gasteiger partial charge in [-0.1, -0.05) is 13.0 Å². The normalized spacial score (nSPS) is 17.1. The number of amides is 1. The summed E-state index contributed by atoms with van der Waals surface area (Å²) in [6.45, 7) is 2.65. The van der Waals surface area contributed by atoms with Gasteiger partial charge >= 0.3 is 0 Å². The minimum Gasteiger partial charge on any atom is -0.386 e. The van der Waals surface area contributed by atoms with E-state index < -0.39 is 5.60 Å². The molecule has 2 rings (SSSR count). The zero-order chi connectivity index (χ0) is 12.5. The second-order valence-corrected chi connectivity index (χ2v) is 4.43. The number of rotatable bonds is 2. The summed E-state index contributed by atoms with van der Waals surface area (Å²) in [6, 6.07) is 8.62. The van der Waals surface area contributed by atoms with Gasteiger partial charge in [-0.05, 0) is 24.6 Å². The van der Waals surface area contributed by atoms with Crippen LogP contribution in [0, 0.1) is 11.3 Å². The number of benzene rings is 1. The maximum Gasteiger partial charge on any atom is 0.254 e. The monoisotopic (exact) mass is 230 g/mol. The molecule has 17 heavy (non-hydrogen) atoms. The van der Waals surface area contributed by atoms with Gasteiger partial charge < -0.3 is 10.0 Å². The van der Waals surface area contributed by atoms with E-state index in [2.05, 4.69) is 0 Å². The molecule has 1 amide bonds. The largest absolute Gasteiger partial charge is 0.386 e. The van der Waals surface area contributed by atoms with Crippen LogP contribution in [0.1, 0.15) is 29.3 Å². The van der Waals surface area contributed by atoms with E-state index in [4.69, 9.17) is 5.26 Å². The van der Waals surface area contributed by atoms with Crippen molar-refractivity contribution in [2.45, 2.75) is 18.9 Å². The van der Waals surface area contributed by atoms with Crippen molar-refractivity contribution >= 4 is 5.91 Å². The van der Waals surface area contributed by atoms with Crippen molar-refractivity contribution < 1.29 is 9.90 Å². The minimum atomic E-state index is -0.720. The van der Waals surface area contributed by atoms with Gasteiger partial charge in [0, 0.05) is 5.56 Å². The average Bonchev–Trinajstić information content (AvgIpc) is 2.34. The van der Waals surface area contributed by atoms with Crippen molar-refractivity contribution in [3.8, 4) is 6.07 Å². The van der Waals surface area contributed by atoms with E-state index in [1.807, 2.05) is 13.0 Å². The standard InChI is InChI=1S/C13H14N2O2/c1-2-13(17)8-15(9-13)12(16)11-5-3-4-10(6-11)7-14/h3-6,17H,2,8-9H2,1H3. The second-order valence-electron chi connectivity index (χ2n) is 4.43. The zero-order valence-electron chi connectivity index (χ0n) is 9.68. The molecule has 1 heterocycles. The number of hydrogen-bond acceptors (Lipinski definition) is 3. The summed E-state index contributed by atoms with van der Waals surface area (Å²) in [7, 11) is 0. The van der Waals surface area contributed by atoms with Gasteiger partial charge in [0.25, 0.3) is 5.91 Å². The molecule has 0 radical (unpaired) electrons. The van der Waals surface area contributed by atoms with E-state index in [-0.39, 0.29) is 5.91 Å². The van der Waals surface area contributed by atoms with E-state index in [9.17, 15) is 9.90 Å². The van der Waals surface area contributed by atoms with Gasteiger partial charge in [-0.15, -0.1) is 0 Å². The Morgan fingerprint density at radius 1 is 1.59 bits per heavy atom. The van der Waals surface area contributed by atoms with E-state index in [0.29, 0.717) is 30.6 Å². The van der Waals surface area contributed by atoms with Crippen molar-refractivity contribution in [2.24, 2.45) is 0 Å². The third-order valence-electron chi connectivity index (χ3n) is 3.15. The molecule has 0 unspecified atom stereocenters. The molecule has 1 fully saturated rings. The Labute approximate surface area is 100 Å². The van der Waals surface area contributed by atoms with Crippen LogP contribution in [0.3, 0.4) is 0 Å². The lowest BCUT2D eigenvalue weighted by atomic mass is 9.90. The molecular formula is C13H14N2O2. The third-order valence-corrected chi connectivity index (χ3v) is 3.15. The van der Waals surface area contributed by atoms with Crippen molar-refractivity contribution in [3.05, 3.63) is 35.4 Å². The summed E-state index contributed by atoms with van der Waals surface area (Å²) in [5.74, 6) is -0.125. The maximum absolute atomic E-state index is 12.0. The first-order chi connectivity index (χ1) is 8.08. The SMILES string of the molecule is CCC1(O)CN(C(=O)c2cccc(C#N)c2)C1. The molecule has 0 atom stereocenters. The molecule has 0 aliphatic carbocycles. The Balaban J connectivity index is 2.09. The van der Waals surface area contributed by atoms with Gasteiger partial charge in [0.2, 0.25) is 0 Å². The highest BCUT2D eigenvalue weighted by Gasteiger charge is 2.42. The first-order valence-electron chi connectivity index (χ1n) is 5.60.